The minimum Gasteiger partial charge on any atom is -0.475 e. The Balaban J connectivity index is -0.000000278. The molecule has 24 heavy (non-hydrogen) atoms. The maximum absolute atomic E-state index is 10.5. The second kappa shape index (κ2) is 14.5. The second-order valence-corrected chi connectivity index (χ2v) is 6.10. The molecule has 0 spiro atoms. The van der Waals surface area contributed by atoms with E-state index in [-0.39, 0.29) is 11.7 Å². The fourth-order valence-corrected chi connectivity index (χ4v) is 1.22. The summed E-state index contributed by atoms with van der Waals surface area (Å²) in [6.07, 6.45) is 1.31. The SMILES string of the molecule is CC(=O)CC(C)C.CC(C)C(=O)C(=O)O.CCC(C)C(=O)C(=O)O. The lowest BCUT2D eigenvalue weighted by molar-refractivity contribution is -0.150. The molecule has 0 aliphatic heterocycles. The molecule has 0 aromatic carbocycles. The van der Waals surface area contributed by atoms with Crippen LogP contribution in [-0.4, -0.2) is 39.5 Å². The average molecular weight is 346 g/mol. The first kappa shape index (κ1) is 26.8. The van der Waals surface area contributed by atoms with Crippen molar-refractivity contribution in [3.05, 3.63) is 0 Å². The minimum absolute atomic E-state index is 0.287. The molecule has 0 radical (unpaired) electrons. The number of Topliss-reactive ketones (excluding diaryl/α,β-unsaturated/α-hetero) is 3. The van der Waals surface area contributed by atoms with Gasteiger partial charge in [0.15, 0.2) is 0 Å². The molecular formula is C17H30O7. The molecule has 0 rings (SSSR count). The highest BCUT2D eigenvalue weighted by Crippen LogP contribution is 2.01. The van der Waals surface area contributed by atoms with Gasteiger partial charge in [0.05, 0.1) is 0 Å². The van der Waals surface area contributed by atoms with Crippen molar-refractivity contribution < 1.29 is 34.2 Å². The smallest absolute Gasteiger partial charge is 0.372 e. The molecule has 7 heteroatoms. The molecule has 1 unspecified atom stereocenters. The molecule has 0 heterocycles. The molecule has 0 aliphatic rings. The van der Waals surface area contributed by atoms with E-state index in [1.807, 2.05) is 13.8 Å². The number of ketones is 3. The summed E-state index contributed by atoms with van der Waals surface area (Å²) in [6.45, 7) is 12.2. The quantitative estimate of drug-likeness (QED) is 0.678. The minimum atomic E-state index is -1.35. The molecule has 0 amide bonds. The standard InChI is InChI=1S/C6H10O3.C6H12O.C5H8O3/c1-3-4(2)5(7)6(8)9;1-5(2)4-6(3)7;1-3(2)4(6)5(7)8/h4H,3H2,1-2H3,(H,8,9);5H,4H2,1-3H3;3H,1-2H3,(H,7,8). The number of carboxylic acids is 2. The third-order valence-electron chi connectivity index (χ3n) is 2.70. The van der Waals surface area contributed by atoms with Crippen molar-refractivity contribution in [2.75, 3.05) is 0 Å². The molecular weight excluding hydrogens is 316 g/mol. The molecule has 0 aliphatic carbocycles. The van der Waals surface area contributed by atoms with Gasteiger partial charge in [-0.2, -0.15) is 0 Å². The van der Waals surface area contributed by atoms with E-state index < -0.39 is 29.4 Å². The number of aliphatic carboxylic acids is 2. The molecule has 0 fully saturated rings. The summed E-state index contributed by atoms with van der Waals surface area (Å²) in [5.41, 5.74) is 0. The van der Waals surface area contributed by atoms with Crippen LogP contribution in [0.3, 0.4) is 0 Å². The fraction of sp³-hybridized carbons (Fsp3) is 0.706. The third kappa shape index (κ3) is 18.0. The number of hydrogen-bond donors (Lipinski definition) is 2. The first-order chi connectivity index (χ1) is 10.8. The summed E-state index contributed by atoms with van der Waals surface area (Å²) in [5.74, 6) is -4.03. The summed E-state index contributed by atoms with van der Waals surface area (Å²) < 4.78 is 0. The van der Waals surface area contributed by atoms with Crippen LogP contribution in [0.2, 0.25) is 0 Å². The molecule has 2 N–H and O–H groups in total. The Morgan fingerprint density at radius 3 is 1.21 bits per heavy atom. The highest BCUT2D eigenvalue weighted by molar-refractivity contribution is 6.33. The average Bonchev–Trinajstić information content (AvgIpc) is 2.44. The van der Waals surface area contributed by atoms with Crippen LogP contribution in [0.15, 0.2) is 0 Å². The number of carbonyl (C=O) groups is 5. The molecule has 1 atom stereocenters. The molecule has 0 saturated heterocycles. The van der Waals surface area contributed by atoms with Crippen molar-refractivity contribution in [1.82, 2.24) is 0 Å². The molecule has 140 valence electrons. The molecule has 0 aromatic heterocycles. The summed E-state index contributed by atoms with van der Waals surface area (Å²) in [7, 11) is 0. The summed E-state index contributed by atoms with van der Waals surface area (Å²) in [6, 6.07) is 0. The number of hydrogen-bond acceptors (Lipinski definition) is 5. The Labute approximate surface area is 143 Å². The normalized spacial score (nSPS) is 10.7. The van der Waals surface area contributed by atoms with Gasteiger partial charge < -0.3 is 15.0 Å². The number of carbonyl (C=O) groups excluding carboxylic acids is 3. The Hall–Kier alpha value is -2.05. The monoisotopic (exact) mass is 346 g/mol. The van der Waals surface area contributed by atoms with E-state index in [2.05, 4.69) is 0 Å². The lowest BCUT2D eigenvalue weighted by atomic mass is 10.0. The highest BCUT2D eigenvalue weighted by atomic mass is 16.4. The van der Waals surface area contributed by atoms with Gasteiger partial charge in [0.25, 0.3) is 0 Å². The zero-order chi connectivity index (χ0) is 20.0. The van der Waals surface area contributed by atoms with Crippen LogP contribution in [0.5, 0.6) is 0 Å². The van der Waals surface area contributed by atoms with E-state index in [1.54, 1.807) is 34.6 Å². The van der Waals surface area contributed by atoms with Crippen molar-refractivity contribution in [3.63, 3.8) is 0 Å². The second-order valence-electron chi connectivity index (χ2n) is 6.10. The van der Waals surface area contributed by atoms with Crippen molar-refractivity contribution in [2.45, 2.75) is 61.3 Å². The van der Waals surface area contributed by atoms with Gasteiger partial charge in [-0.25, -0.2) is 9.59 Å². The van der Waals surface area contributed by atoms with E-state index in [4.69, 9.17) is 10.2 Å². The maximum Gasteiger partial charge on any atom is 0.372 e. The highest BCUT2D eigenvalue weighted by Gasteiger charge is 2.17. The van der Waals surface area contributed by atoms with E-state index in [9.17, 15) is 24.0 Å². The lowest BCUT2D eigenvalue weighted by Gasteiger charge is -1.99. The van der Waals surface area contributed by atoms with Gasteiger partial charge in [-0.1, -0.05) is 41.5 Å². The van der Waals surface area contributed by atoms with Gasteiger partial charge in [-0.05, 0) is 19.3 Å². The van der Waals surface area contributed by atoms with Crippen molar-refractivity contribution in [1.29, 1.82) is 0 Å². The Morgan fingerprint density at radius 2 is 1.17 bits per heavy atom. The first-order valence-electron chi connectivity index (χ1n) is 7.81. The van der Waals surface area contributed by atoms with Crippen LogP contribution < -0.4 is 0 Å². The predicted octanol–water partition coefficient (Wildman–Crippen LogP) is 2.60. The zero-order valence-electron chi connectivity index (χ0n) is 15.6. The van der Waals surface area contributed by atoms with Crippen LogP contribution in [-0.2, 0) is 24.0 Å². The largest absolute Gasteiger partial charge is 0.475 e. The molecule has 0 bridgehead atoms. The third-order valence-corrected chi connectivity index (χ3v) is 2.70. The summed E-state index contributed by atoms with van der Waals surface area (Å²) in [4.78, 5) is 50.7. The fourth-order valence-electron chi connectivity index (χ4n) is 1.22. The van der Waals surface area contributed by atoms with Gasteiger partial charge in [0, 0.05) is 18.3 Å². The Morgan fingerprint density at radius 1 is 0.792 bits per heavy atom. The van der Waals surface area contributed by atoms with E-state index >= 15 is 0 Å². The summed E-state index contributed by atoms with van der Waals surface area (Å²) >= 11 is 0. The van der Waals surface area contributed by atoms with Crippen LogP contribution in [0.1, 0.15) is 61.3 Å². The van der Waals surface area contributed by atoms with Gasteiger partial charge in [-0.3, -0.25) is 9.59 Å². The lowest BCUT2D eigenvalue weighted by Crippen LogP contribution is -2.19. The van der Waals surface area contributed by atoms with Gasteiger partial charge >= 0.3 is 11.9 Å². The van der Waals surface area contributed by atoms with Crippen molar-refractivity contribution >= 4 is 29.3 Å². The number of rotatable bonds is 7. The van der Waals surface area contributed by atoms with E-state index in [0.717, 1.165) is 6.42 Å². The topological polar surface area (TPSA) is 126 Å². The van der Waals surface area contributed by atoms with E-state index in [0.29, 0.717) is 12.3 Å². The first-order valence-corrected chi connectivity index (χ1v) is 7.81. The molecule has 7 nitrogen and oxygen atoms in total. The predicted molar refractivity (Wildman–Crippen MR) is 89.7 cm³/mol. The van der Waals surface area contributed by atoms with Crippen LogP contribution in [0, 0.1) is 17.8 Å². The Bertz CT molecular complexity index is 436. The van der Waals surface area contributed by atoms with Gasteiger partial charge in [-0.15, -0.1) is 0 Å². The number of carboxylic acid groups (broad SMARTS) is 2. The van der Waals surface area contributed by atoms with Gasteiger partial charge in [0.1, 0.15) is 5.78 Å². The zero-order valence-corrected chi connectivity index (χ0v) is 15.6. The van der Waals surface area contributed by atoms with E-state index in [1.165, 1.54) is 0 Å². The van der Waals surface area contributed by atoms with Crippen LogP contribution in [0.25, 0.3) is 0 Å². The maximum atomic E-state index is 10.5. The van der Waals surface area contributed by atoms with Crippen LogP contribution in [0.4, 0.5) is 0 Å². The molecule has 0 aromatic rings. The van der Waals surface area contributed by atoms with Gasteiger partial charge in [0.2, 0.25) is 11.6 Å². The van der Waals surface area contributed by atoms with Crippen molar-refractivity contribution in [3.8, 4) is 0 Å². The Kier molecular flexibility index (Phi) is 16.2. The molecule has 0 saturated carbocycles. The van der Waals surface area contributed by atoms with Crippen molar-refractivity contribution in [2.24, 2.45) is 17.8 Å². The van der Waals surface area contributed by atoms with Crippen LogP contribution >= 0.6 is 0 Å². The summed E-state index contributed by atoms with van der Waals surface area (Å²) in [5, 5.41) is 16.1.